The maximum atomic E-state index is 15.0. The van der Waals surface area contributed by atoms with E-state index in [1.54, 1.807) is 30.3 Å². The Bertz CT molecular complexity index is 1830. The number of sulfonamides is 1. The van der Waals surface area contributed by atoms with E-state index in [4.69, 9.17) is 25.8 Å². The zero-order chi connectivity index (χ0) is 34.1. The van der Waals surface area contributed by atoms with E-state index in [9.17, 15) is 18.0 Å². The maximum absolute atomic E-state index is 15.0. The largest absolute Gasteiger partial charge is 0.495 e. The summed E-state index contributed by atoms with van der Waals surface area (Å²) in [6.45, 7) is -1.13. The minimum atomic E-state index is -4.54. The Hall–Kier alpha value is -4.81. The van der Waals surface area contributed by atoms with E-state index in [-0.39, 0.29) is 45.6 Å². The monoisotopic (exact) mass is 683 g/mol. The van der Waals surface area contributed by atoms with Gasteiger partial charge < -0.3 is 24.4 Å². The summed E-state index contributed by atoms with van der Waals surface area (Å²) < 4.78 is 60.8. The Kier molecular flexibility index (Phi) is 11.7. The van der Waals surface area contributed by atoms with Crippen LogP contribution in [0.25, 0.3) is 0 Å². The van der Waals surface area contributed by atoms with Crippen LogP contribution in [0.3, 0.4) is 0 Å². The molecule has 0 aliphatic heterocycles. The molecule has 248 valence electrons. The quantitative estimate of drug-likeness (QED) is 0.197. The topological polar surface area (TPSA) is 114 Å². The smallest absolute Gasteiger partial charge is 0.265 e. The van der Waals surface area contributed by atoms with Crippen molar-refractivity contribution in [3.05, 3.63) is 113 Å². The van der Waals surface area contributed by atoms with Gasteiger partial charge in [0, 0.05) is 36.7 Å². The number of anilines is 1. The lowest BCUT2D eigenvalue weighted by molar-refractivity contribution is -0.139. The molecule has 4 rings (SSSR count). The molecule has 47 heavy (non-hydrogen) atoms. The third-order valence-electron chi connectivity index (χ3n) is 7.45. The van der Waals surface area contributed by atoms with Crippen molar-refractivity contribution in [1.82, 2.24) is 10.2 Å². The summed E-state index contributed by atoms with van der Waals surface area (Å²) >= 11 is 6.32. The summed E-state index contributed by atoms with van der Waals surface area (Å²) in [6, 6.07) is 22.1. The number of hydrogen-bond donors (Lipinski definition) is 1. The van der Waals surface area contributed by atoms with Crippen molar-refractivity contribution in [1.29, 1.82) is 0 Å². The summed E-state index contributed by atoms with van der Waals surface area (Å²) in [7, 11) is 1.01. The molecule has 0 bridgehead atoms. The van der Waals surface area contributed by atoms with Crippen molar-refractivity contribution < 1.29 is 36.6 Å². The first-order valence-corrected chi connectivity index (χ1v) is 16.2. The fourth-order valence-corrected chi connectivity index (χ4v) is 6.61. The number of amides is 2. The van der Waals surface area contributed by atoms with E-state index in [1.165, 1.54) is 87.9 Å². The van der Waals surface area contributed by atoms with Crippen molar-refractivity contribution >= 4 is 39.1 Å². The van der Waals surface area contributed by atoms with Gasteiger partial charge in [-0.05, 0) is 42.0 Å². The molecular formula is C34H35ClFN3O7S. The van der Waals surface area contributed by atoms with Gasteiger partial charge in [0.1, 0.15) is 24.2 Å². The summed E-state index contributed by atoms with van der Waals surface area (Å²) in [4.78, 5) is 28.8. The minimum absolute atomic E-state index is 0.0338. The fraction of sp³-hybridized carbons (Fsp3) is 0.235. The van der Waals surface area contributed by atoms with E-state index in [0.717, 1.165) is 9.87 Å². The number of rotatable bonds is 14. The summed E-state index contributed by atoms with van der Waals surface area (Å²) in [5, 5.41) is 2.77. The zero-order valence-corrected chi connectivity index (χ0v) is 27.8. The summed E-state index contributed by atoms with van der Waals surface area (Å²) in [5.41, 5.74) is 0.838. The molecule has 0 saturated carbocycles. The first-order valence-electron chi connectivity index (χ1n) is 14.4. The van der Waals surface area contributed by atoms with E-state index in [2.05, 4.69) is 5.32 Å². The first kappa shape index (κ1) is 35.1. The summed E-state index contributed by atoms with van der Waals surface area (Å²) in [5.74, 6) is -1.36. The average molecular weight is 684 g/mol. The Morgan fingerprint density at radius 2 is 1.49 bits per heavy atom. The number of halogens is 2. The Morgan fingerprint density at radius 1 is 0.851 bits per heavy atom. The van der Waals surface area contributed by atoms with Crippen molar-refractivity contribution in [3.8, 4) is 17.2 Å². The highest BCUT2D eigenvalue weighted by Gasteiger charge is 2.36. The first-order chi connectivity index (χ1) is 22.5. The highest BCUT2D eigenvalue weighted by molar-refractivity contribution is 7.92. The second-order valence-corrected chi connectivity index (χ2v) is 12.6. The van der Waals surface area contributed by atoms with Crippen molar-refractivity contribution in [2.75, 3.05) is 39.2 Å². The standard InChI is InChI=1S/C34H35ClFN3O7S/c1-37-34(41)29(18-23-10-6-5-7-11-23)38(21-24-12-8-9-13-27(24)36)33(40)22-39(28-19-25(35)14-16-30(28)44-2)47(42,43)26-15-17-31(45-3)32(20-26)46-4/h5-17,19-20,29H,18,21-22H2,1-4H3,(H,37,41). The van der Waals surface area contributed by atoms with Crippen LogP contribution in [0.4, 0.5) is 10.1 Å². The van der Waals surface area contributed by atoms with Gasteiger partial charge in [-0.3, -0.25) is 13.9 Å². The molecule has 2 amide bonds. The van der Waals surface area contributed by atoms with E-state index in [0.29, 0.717) is 5.75 Å². The molecule has 4 aromatic carbocycles. The van der Waals surface area contributed by atoms with Crippen molar-refractivity contribution in [2.24, 2.45) is 0 Å². The molecule has 0 saturated heterocycles. The number of benzene rings is 4. The number of methoxy groups -OCH3 is 3. The molecule has 0 aromatic heterocycles. The number of likely N-dealkylation sites (N-methyl/N-ethyl adjacent to an activating group) is 1. The van der Waals surface area contributed by atoms with E-state index < -0.39 is 40.2 Å². The number of carbonyl (C=O) groups excluding carboxylic acids is 2. The van der Waals surface area contributed by atoms with Crippen LogP contribution in [0, 0.1) is 5.82 Å². The van der Waals surface area contributed by atoms with Crippen LogP contribution in [0.15, 0.2) is 95.9 Å². The second kappa shape index (κ2) is 15.7. The SMILES string of the molecule is CNC(=O)C(Cc1ccccc1)N(Cc1ccccc1F)C(=O)CN(c1cc(Cl)ccc1OC)S(=O)(=O)c1ccc(OC)c(OC)c1. The molecule has 10 nitrogen and oxygen atoms in total. The van der Waals surface area contributed by atoms with Crippen LogP contribution in [0.5, 0.6) is 17.2 Å². The molecule has 0 fully saturated rings. The zero-order valence-electron chi connectivity index (χ0n) is 26.3. The van der Waals surface area contributed by atoms with Gasteiger partial charge in [0.2, 0.25) is 11.8 Å². The number of carbonyl (C=O) groups is 2. The van der Waals surface area contributed by atoms with Gasteiger partial charge >= 0.3 is 0 Å². The molecule has 0 spiro atoms. The number of ether oxygens (including phenoxy) is 3. The number of nitrogens with one attached hydrogen (secondary N) is 1. The second-order valence-electron chi connectivity index (χ2n) is 10.3. The van der Waals surface area contributed by atoms with Gasteiger partial charge in [0.15, 0.2) is 11.5 Å². The fourth-order valence-electron chi connectivity index (χ4n) is 5.01. The maximum Gasteiger partial charge on any atom is 0.265 e. The highest BCUT2D eigenvalue weighted by Crippen LogP contribution is 2.37. The highest BCUT2D eigenvalue weighted by atomic mass is 35.5. The molecule has 1 atom stereocenters. The summed E-state index contributed by atoms with van der Waals surface area (Å²) in [6.07, 6.45) is 0.0730. The Labute approximate surface area is 278 Å². The van der Waals surface area contributed by atoms with Crippen LogP contribution < -0.4 is 23.8 Å². The number of nitrogens with zero attached hydrogens (tertiary/aromatic N) is 2. The van der Waals surface area contributed by atoms with Crippen molar-refractivity contribution in [3.63, 3.8) is 0 Å². The predicted molar refractivity (Wildman–Crippen MR) is 177 cm³/mol. The molecule has 4 aromatic rings. The lowest BCUT2D eigenvalue weighted by Gasteiger charge is -2.34. The molecule has 13 heteroatoms. The van der Waals surface area contributed by atoms with Crippen LogP contribution in [0.2, 0.25) is 5.02 Å². The number of hydrogen-bond acceptors (Lipinski definition) is 7. The van der Waals surface area contributed by atoms with Crippen LogP contribution in [-0.2, 0) is 32.6 Å². The Morgan fingerprint density at radius 3 is 2.13 bits per heavy atom. The van der Waals surface area contributed by atoms with Gasteiger partial charge in [-0.1, -0.05) is 60.1 Å². The molecule has 0 aliphatic carbocycles. The van der Waals surface area contributed by atoms with Crippen LogP contribution in [-0.4, -0.2) is 66.1 Å². The molecule has 0 aliphatic rings. The van der Waals surface area contributed by atoms with Gasteiger partial charge in [0.25, 0.3) is 10.0 Å². The molecule has 1 unspecified atom stereocenters. The Balaban J connectivity index is 1.87. The molecular weight excluding hydrogens is 649 g/mol. The van der Waals surface area contributed by atoms with Gasteiger partial charge in [-0.2, -0.15) is 0 Å². The van der Waals surface area contributed by atoms with Gasteiger partial charge in [-0.25, -0.2) is 12.8 Å². The van der Waals surface area contributed by atoms with Gasteiger partial charge in [0.05, 0.1) is 31.9 Å². The predicted octanol–water partition coefficient (Wildman–Crippen LogP) is 5.09. The molecule has 1 N–H and O–H groups in total. The third-order valence-corrected chi connectivity index (χ3v) is 9.44. The van der Waals surface area contributed by atoms with E-state index in [1.807, 2.05) is 6.07 Å². The lowest BCUT2D eigenvalue weighted by atomic mass is 10.0. The average Bonchev–Trinajstić information content (AvgIpc) is 3.08. The van der Waals surface area contributed by atoms with E-state index >= 15 is 4.39 Å². The van der Waals surface area contributed by atoms with Crippen LogP contribution in [0.1, 0.15) is 11.1 Å². The van der Waals surface area contributed by atoms with Crippen molar-refractivity contribution in [2.45, 2.75) is 23.9 Å². The normalized spacial score (nSPS) is 11.7. The molecule has 0 radical (unpaired) electrons. The minimum Gasteiger partial charge on any atom is -0.495 e. The molecule has 0 heterocycles. The van der Waals surface area contributed by atoms with Gasteiger partial charge in [-0.15, -0.1) is 0 Å². The third kappa shape index (κ3) is 8.13. The lowest BCUT2D eigenvalue weighted by Crippen LogP contribution is -2.53. The van der Waals surface area contributed by atoms with Crippen LogP contribution >= 0.6 is 11.6 Å².